The number of benzene rings is 2. The van der Waals surface area contributed by atoms with Crippen LogP contribution in [0.3, 0.4) is 0 Å². The molecule has 7 nitrogen and oxygen atoms in total. The molecule has 1 saturated heterocycles. The molecular formula is C27H39N3O4. The van der Waals surface area contributed by atoms with Crippen molar-refractivity contribution in [2.45, 2.75) is 52.1 Å². The Hall–Kier alpha value is -2.93. The first-order valence-corrected chi connectivity index (χ1v) is 12.3. The van der Waals surface area contributed by atoms with E-state index in [4.69, 9.17) is 14.2 Å². The van der Waals surface area contributed by atoms with Gasteiger partial charge in [0.05, 0.1) is 26.5 Å². The number of hydrogen-bond acceptors (Lipinski definition) is 5. The topological polar surface area (TPSA) is 63.3 Å². The Morgan fingerprint density at radius 1 is 1.09 bits per heavy atom. The number of carbonyl (C=O) groups excluding carboxylic acids is 1. The van der Waals surface area contributed by atoms with E-state index in [2.05, 4.69) is 17.1 Å². The van der Waals surface area contributed by atoms with Gasteiger partial charge in [-0.05, 0) is 69.5 Å². The third-order valence-corrected chi connectivity index (χ3v) is 6.36. The summed E-state index contributed by atoms with van der Waals surface area (Å²) in [6.45, 7) is 8.24. The highest BCUT2D eigenvalue weighted by Crippen LogP contribution is 2.29. The molecule has 1 aliphatic heterocycles. The second-order valence-electron chi connectivity index (χ2n) is 8.73. The Labute approximate surface area is 204 Å². The molecule has 1 heterocycles. The van der Waals surface area contributed by atoms with E-state index in [9.17, 15) is 4.79 Å². The van der Waals surface area contributed by atoms with E-state index in [0.717, 1.165) is 30.8 Å². The molecular weight excluding hydrogens is 430 g/mol. The van der Waals surface area contributed by atoms with Crippen LogP contribution in [-0.2, 0) is 6.54 Å². The summed E-state index contributed by atoms with van der Waals surface area (Å²) in [4.78, 5) is 17.8. The lowest BCUT2D eigenvalue weighted by Gasteiger charge is -2.34. The number of anilines is 1. The summed E-state index contributed by atoms with van der Waals surface area (Å²) in [5.74, 6) is 2.08. The minimum Gasteiger partial charge on any atom is -0.497 e. The quantitative estimate of drug-likeness (QED) is 0.477. The molecule has 186 valence electrons. The standard InChI is InChI=1S/C27H39N3O4/c1-5-34-23-12-10-22(11-13-23)20-30(18-8-17-29-16-7-6-9-21(29)2)27(31)28-25-15-14-24(32-3)19-26(25)33-4/h10-15,19,21H,5-9,16-18,20H2,1-4H3,(H,28,31). The van der Waals surface area contributed by atoms with E-state index in [1.807, 2.05) is 42.2 Å². The van der Waals surface area contributed by atoms with Gasteiger partial charge in [-0.25, -0.2) is 4.79 Å². The molecule has 0 bridgehead atoms. The average molecular weight is 470 g/mol. The molecule has 0 aromatic heterocycles. The van der Waals surface area contributed by atoms with Gasteiger partial charge in [0.2, 0.25) is 0 Å². The number of ether oxygens (including phenoxy) is 3. The smallest absolute Gasteiger partial charge is 0.322 e. The first kappa shape index (κ1) is 25.7. The molecule has 0 radical (unpaired) electrons. The van der Waals surface area contributed by atoms with Crippen molar-refractivity contribution in [2.24, 2.45) is 0 Å². The monoisotopic (exact) mass is 469 g/mol. The molecule has 1 aliphatic rings. The fourth-order valence-corrected chi connectivity index (χ4v) is 4.38. The fraction of sp³-hybridized carbons (Fsp3) is 0.519. The van der Waals surface area contributed by atoms with E-state index in [-0.39, 0.29) is 6.03 Å². The lowest BCUT2D eigenvalue weighted by Crippen LogP contribution is -2.40. The van der Waals surface area contributed by atoms with Crippen LogP contribution < -0.4 is 19.5 Å². The van der Waals surface area contributed by atoms with Crippen molar-refractivity contribution in [3.05, 3.63) is 48.0 Å². The van der Waals surface area contributed by atoms with Gasteiger partial charge in [-0.1, -0.05) is 18.6 Å². The normalized spacial score (nSPS) is 16.1. The molecule has 1 N–H and O–H groups in total. The van der Waals surface area contributed by atoms with Crippen molar-refractivity contribution in [1.82, 2.24) is 9.80 Å². The second kappa shape index (κ2) is 13.1. The zero-order valence-corrected chi connectivity index (χ0v) is 21.0. The molecule has 7 heteroatoms. The molecule has 3 rings (SSSR count). The van der Waals surface area contributed by atoms with Crippen molar-refractivity contribution in [1.29, 1.82) is 0 Å². The number of likely N-dealkylation sites (tertiary alicyclic amines) is 1. The third-order valence-electron chi connectivity index (χ3n) is 6.36. The first-order valence-electron chi connectivity index (χ1n) is 12.3. The predicted octanol–water partition coefficient (Wildman–Crippen LogP) is 5.40. The molecule has 1 fully saturated rings. The van der Waals surface area contributed by atoms with Crippen LogP contribution in [0.15, 0.2) is 42.5 Å². The van der Waals surface area contributed by atoms with Crippen LogP contribution in [0, 0.1) is 0 Å². The number of methoxy groups -OCH3 is 2. The van der Waals surface area contributed by atoms with Crippen molar-refractivity contribution in [2.75, 3.05) is 45.8 Å². The molecule has 2 aromatic rings. The largest absolute Gasteiger partial charge is 0.497 e. The van der Waals surface area contributed by atoms with Crippen molar-refractivity contribution in [3.63, 3.8) is 0 Å². The predicted molar refractivity (Wildman–Crippen MR) is 136 cm³/mol. The Morgan fingerprint density at radius 2 is 1.85 bits per heavy atom. The summed E-state index contributed by atoms with van der Waals surface area (Å²) in [6, 6.07) is 13.8. The summed E-state index contributed by atoms with van der Waals surface area (Å²) < 4.78 is 16.3. The lowest BCUT2D eigenvalue weighted by molar-refractivity contribution is 0.150. The first-order chi connectivity index (χ1) is 16.5. The highest BCUT2D eigenvalue weighted by molar-refractivity contribution is 5.91. The number of nitrogens with zero attached hydrogens (tertiary/aromatic N) is 2. The van der Waals surface area contributed by atoms with Gasteiger partial charge in [0.25, 0.3) is 0 Å². The number of urea groups is 1. The van der Waals surface area contributed by atoms with Gasteiger partial charge in [0, 0.05) is 31.7 Å². The summed E-state index contributed by atoms with van der Waals surface area (Å²) in [6.07, 6.45) is 4.76. The van der Waals surface area contributed by atoms with Crippen LogP contribution in [0.2, 0.25) is 0 Å². The lowest BCUT2D eigenvalue weighted by atomic mass is 10.0. The second-order valence-corrected chi connectivity index (χ2v) is 8.73. The minimum absolute atomic E-state index is 0.149. The minimum atomic E-state index is -0.149. The number of carbonyl (C=O) groups is 1. The van der Waals surface area contributed by atoms with Crippen LogP contribution in [0.5, 0.6) is 17.2 Å². The number of rotatable bonds is 11. The van der Waals surface area contributed by atoms with Crippen molar-refractivity contribution < 1.29 is 19.0 Å². The Kier molecular flexibility index (Phi) is 9.89. The van der Waals surface area contributed by atoms with E-state index < -0.39 is 0 Å². The van der Waals surface area contributed by atoms with Crippen LogP contribution in [0.4, 0.5) is 10.5 Å². The van der Waals surface area contributed by atoms with Crippen LogP contribution in [-0.4, -0.2) is 62.3 Å². The fourth-order valence-electron chi connectivity index (χ4n) is 4.38. The SMILES string of the molecule is CCOc1ccc(CN(CCCN2CCCCC2C)C(=O)Nc2ccc(OC)cc2OC)cc1. The zero-order chi connectivity index (χ0) is 24.3. The zero-order valence-electron chi connectivity index (χ0n) is 21.0. The van der Waals surface area contributed by atoms with Crippen molar-refractivity contribution in [3.8, 4) is 17.2 Å². The van der Waals surface area contributed by atoms with Gasteiger partial charge < -0.3 is 29.3 Å². The number of piperidine rings is 1. The van der Waals surface area contributed by atoms with E-state index in [0.29, 0.717) is 42.9 Å². The van der Waals surface area contributed by atoms with Gasteiger partial charge in [-0.15, -0.1) is 0 Å². The average Bonchev–Trinajstić information content (AvgIpc) is 2.86. The Morgan fingerprint density at radius 3 is 2.53 bits per heavy atom. The number of amides is 2. The maximum atomic E-state index is 13.3. The van der Waals surface area contributed by atoms with E-state index in [1.165, 1.54) is 19.3 Å². The molecule has 1 atom stereocenters. The Balaban J connectivity index is 1.69. The summed E-state index contributed by atoms with van der Waals surface area (Å²) in [5.41, 5.74) is 1.68. The van der Waals surface area contributed by atoms with Gasteiger partial charge in [-0.3, -0.25) is 0 Å². The number of nitrogens with one attached hydrogen (secondary N) is 1. The van der Waals surface area contributed by atoms with Crippen LogP contribution >= 0.6 is 0 Å². The summed E-state index contributed by atoms with van der Waals surface area (Å²) >= 11 is 0. The van der Waals surface area contributed by atoms with Crippen LogP contribution in [0.1, 0.15) is 45.1 Å². The summed E-state index contributed by atoms with van der Waals surface area (Å²) in [7, 11) is 3.19. The van der Waals surface area contributed by atoms with Crippen molar-refractivity contribution >= 4 is 11.7 Å². The maximum absolute atomic E-state index is 13.3. The highest BCUT2D eigenvalue weighted by Gasteiger charge is 2.20. The third kappa shape index (κ3) is 7.29. The van der Waals surface area contributed by atoms with Crippen LogP contribution in [0.25, 0.3) is 0 Å². The summed E-state index contributed by atoms with van der Waals surface area (Å²) in [5, 5.41) is 3.03. The molecule has 0 aliphatic carbocycles. The molecule has 34 heavy (non-hydrogen) atoms. The molecule has 2 amide bonds. The maximum Gasteiger partial charge on any atom is 0.322 e. The van der Waals surface area contributed by atoms with E-state index in [1.54, 1.807) is 26.4 Å². The molecule has 0 saturated carbocycles. The van der Waals surface area contributed by atoms with Gasteiger partial charge in [0.1, 0.15) is 17.2 Å². The Bertz CT molecular complexity index is 903. The number of hydrogen-bond donors (Lipinski definition) is 1. The van der Waals surface area contributed by atoms with Gasteiger partial charge in [-0.2, -0.15) is 0 Å². The van der Waals surface area contributed by atoms with Gasteiger partial charge >= 0.3 is 6.03 Å². The molecule has 1 unspecified atom stereocenters. The van der Waals surface area contributed by atoms with Gasteiger partial charge in [0.15, 0.2) is 0 Å². The molecule has 2 aromatic carbocycles. The van der Waals surface area contributed by atoms with E-state index >= 15 is 0 Å². The highest BCUT2D eigenvalue weighted by atomic mass is 16.5. The molecule has 0 spiro atoms.